The van der Waals surface area contributed by atoms with Crippen LogP contribution in [-0.4, -0.2) is 154 Å². The van der Waals surface area contributed by atoms with Crippen LogP contribution in [0, 0.1) is 0 Å². The summed E-state index contributed by atoms with van der Waals surface area (Å²) < 4.78 is 23.0. The minimum absolute atomic E-state index is 0.0115. The summed E-state index contributed by atoms with van der Waals surface area (Å²) in [7, 11) is 0. The van der Waals surface area contributed by atoms with Crippen LogP contribution in [0.5, 0.6) is 0 Å². The molecular weight excluding hydrogens is 526 g/mol. The standard InChI is InChI=1S/C21H43N7O11/c22-1-2-28(35)21(34)27-9-3-7(24)17(38-19-8(25)4-10(30)11(5-23)36-19)16(33)18(9)39-20-15(32)13(26)14(31)12(6-29)37-20/h7-20,29-33,35H,1-6,22-26H2,(H,27,34)/t7-,8-,9+,10+,11-,12-,13+,14-,15-,16-,17+,18-,19-,20-/m1/s1. The Kier molecular flexibility index (Phi) is 11.6. The molecule has 0 aromatic heterocycles. The molecule has 2 amide bonds. The summed E-state index contributed by atoms with van der Waals surface area (Å²) in [6.07, 6.45) is -12.6. The molecule has 3 fully saturated rings. The lowest BCUT2D eigenvalue weighted by molar-refractivity contribution is -0.315. The molecule has 39 heavy (non-hydrogen) atoms. The van der Waals surface area contributed by atoms with Gasteiger partial charge in [-0.25, -0.2) is 9.86 Å². The molecule has 17 N–H and O–H groups in total. The molecule has 14 atom stereocenters. The summed E-state index contributed by atoms with van der Waals surface area (Å²) in [6.45, 7) is -0.875. The van der Waals surface area contributed by atoms with Crippen LogP contribution in [0.2, 0.25) is 0 Å². The highest BCUT2D eigenvalue weighted by Crippen LogP contribution is 2.31. The van der Waals surface area contributed by atoms with E-state index in [9.17, 15) is 35.5 Å². The van der Waals surface area contributed by atoms with Crippen LogP contribution in [0.25, 0.3) is 0 Å². The van der Waals surface area contributed by atoms with Crippen molar-refractivity contribution >= 4 is 6.03 Å². The van der Waals surface area contributed by atoms with Gasteiger partial charge in [0.25, 0.3) is 0 Å². The van der Waals surface area contributed by atoms with Crippen molar-refractivity contribution in [2.45, 2.75) is 98.4 Å². The smallest absolute Gasteiger partial charge is 0.341 e. The maximum Gasteiger partial charge on any atom is 0.341 e. The van der Waals surface area contributed by atoms with Crippen molar-refractivity contribution in [3.05, 3.63) is 0 Å². The molecule has 18 heteroatoms. The van der Waals surface area contributed by atoms with Gasteiger partial charge in [-0.05, 0) is 12.8 Å². The molecule has 0 spiro atoms. The molecular formula is C21H43N7O11. The van der Waals surface area contributed by atoms with Gasteiger partial charge in [-0.1, -0.05) is 0 Å². The molecule has 2 saturated heterocycles. The van der Waals surface area contributed by atoms with Crippen LogP contribution >= 0.6 is 0 Å². The van der Waals surface area contributed by atoms with Crippen molar-refractivity contribution in [2.24, 2.45) is 28.7 Å². The van der Waals surface area contributed by atoms with E-state index < -0.39 is 98.2 Å². The Morgan fingerprint density at radius 2 is 1.54 bits per heavy atom. The Labute approximate surface area is 224 Å². The molecule has 0 radical (unpaired) electrons. The second kappa shape index (κ2) is 14.0. The SMILES string of the molecule is NCCN(O)C(=O)N[C@H]1C[C@@H](N)[C@H](O[C@H]2O[C@H](CN)[C@@H](O)C[C@H]2N)[C@@H](O)[C@@H]1O[C@H]1O[C@H](CO)[C@@H](O)[C@H](N)[C@H]1O. The maximum atomic E-state index is 12.5. The monoisotopic (exact) mass is 569 g/mol. The van der Waals surface area contributed by atoms with Gasteiger partial charge in [0.1, 0.15) is 36.6 Å². The molecule has 2 aliphatic heterocycles. The summed E-state index contributed by atoms with van der Waals surface area (Å²) in [6, 6.07) is -4.99. The number of amides is 2. The van der Waals surface area contributed by atoms with Gasteiger partial charge in [-0.3, -0.25) is 5.21 Å². The highest BCUT2D eigenvalue weighted by molar-refractivity contribution is 5.73. The Balaban J connectivity index is 1.83. The first-order chi connectivity index (χ1) is 18.4. The van der Waals surface area contributed by atoms with E-state index in [2.05, 4.69) is 5.32 Å². The third kappa shape index (κ3) is 7.31. The normalized spacial score (nSPS) is 45.1. The van der Waals surface area contributed by atoms with Crippen LogP contribution in [0.15, 0.2) is 0 Å². The van der Waals surface area contributed by atoms with Crippen LogP contribution in [0.4, 0.5) is 4.79 Å². The highest BCUT2D eigenvalue weighted by atomic mass is 16.7. The first-order valence-corrected chi connectivity index (χ1v) is 12.8. The fraction of sp³-hybridized carbons (Fsp3) is 0.952. The Morgan fingerprint density at radius 3 is 2.15 bits per heavy atom. The number of nitrogens with zero attached hydrogens (tertiary/aromatic N) is 1. The van der Waals surface area contributed by atoms with Gasteiger partial charge in [0.15, 0.2) is 12.6 Å². The van der Waals surface area contributed by atoms with Gasteiger partial charge >= 0.3 is 6.03 Å². The first kappa shape index (κ1) is 32.2. The van der Waals surface area contributed by atoms with Gasteiger partial charge in [0.05, 0.1) is 43.5 Å². The zero-order valence-corrected chi connectivity index (χ0v) is 21.4. The van der Waals surface area contributed by atoms with E-state index in [1.807, 2.05) is 0 Å². The van der Waals surface area contributed by atoms with Crippen LogP contribution < -0.4 is 34.0 Å². The molecule has 2 heterocycles. The molecule has 0 bridgehead atoms. The Hall–Kier alpha value is -1.33. The second-order valence-electron chi connectivity index (χ2n) is 10.1. The molecule has 0 unspecified atom stereocenters. The minimum atomic E-state index is -1.59. The predicted molar refractivity (Wildman–Crippen MR) is 130 cm³/mol. The molecule has 0 aromatic rings. The lowest BCUT2D eigenvalue weighted by atomic mass is 9.83. The number of nitrogens with one attached hydrogen (secondary N) is 1. The minimum Gasteiger partial charge on any atom is -0.394 e. The van der Waals surface area contributed by atoms with Crippen molar-refractivity contribution in [1.29, 1.82) is 0 Å². The first-order valence-electron chi connectivity index (χ1n) is 12.8. The zero-order chi connectivity index (χ0) is 29.0. The van der Waals surface area contributed by atoms with Crippen LogP contribution in [0.1, 0.15) is 12.8 Å². The number of carbonyl (C=O) groups is 1. The van der Waals surface area contributed by atoms with Gasteiger partial charge in [-0.2, -0.15) is 0 Å². The molecule has 3 aliphatic rings. The molecule has 18 nitrogen and oxygen atoms in total. The van der Waals surface area contributed by atoms with Crippen molar-refractivity contribution in [1.82, 2.24) is 10.4 Å². The summed E-state index contributed by atoms with van der Waals surface area (Å²) in [5, 5.41) is 64.5. The number of ether oxygens (including phenoxy) is 4. The number of nitrogens with two attached hydrogens (primary N) is 5. The van der Waals surface area contributed by atoms with Crippen molar-refractivity contribution in [2.75, 3.05) is 26.2 Å². The highest BCUT2D eigenvalue weighted by Gasteiger charge is 2.51. The topological polar surface area (TPSA) is 321 Å². The zero-order valence-electron chi connectivity index (χ0n) is 21.4. The van der Waals surface area contributed by atoms with E-state index in [0.717, 1.165) is 0 Å². The van der Waals surface area contributed by atoms with E-state index in [4.69, 9.17) is 47.6 Å². The van der Waals surface area contributed by atoms with E-state index >= 15 is 0 Å². The summed E-state index contributed by atoms with van der Waals surface area (Å²) in [5.41, 5.74) is 29.3. The number of carbonyl (C=O) groups excluding carboxylic acids is 1. The lowest BCUT2D eigenvalue weighted by Gasteiger charge is -2.48. The third-order valence-corrected chi connectivity index (χ3v) is 7.26. The summed E-state index contributed by atoms with van der Waals surface area (Å²) >= 11 is 0. The molecule has 1 aliphatic carbocycles. The summed E-state index contributed by atoms with van der Waals surface area (Å²) in [4.78, 5) is 12.5. The number of hydrogen-bond acceptors (Lipinski definition) is 16. The fourth-order valence-electron chi connectivity index (χ4n) is 4.98. The average Bonchev–Trinajstić information content (AvgIpc) is 2.89. The molecule has 3 rings (SSSR count). The summed E-state index contributed by atoms with van der Waals surface area (Å²) in [5.74, 6) is 0. The van der Waals surface area contributed by atoms with Gasteiger partial charge in [0, 0.05) is 19.1 Å². The van der Waals surface area contributed by atoms with Gasteiger partial charge in [0.2, 0.25) is 0 Å². The number of hydrogen-bond donors (Lipinski definition) is 12. The van der Waals surface area contributed by atoms with E-state index in [-0.39, 0.29) is 32.5 Å². The molecule has 228 valence electrons. The number of aliphatic hydroxyl groups is 5. The van der Waals surface area contributed by atoms with Crippen molar-refractivity contribution in [3.63, 3.8) is 0 Å². The largest absolute Gasteiger partial charge is 0.394 e. The van der Waals surface area contributed by atoms with Crippen LogP contribution in [-0.2, 0) is 18.9 Å². The van der Waals surface area contributed by atoms with Crippen molar-refractivity contribution in [3.8, 4) is 0 Å². The Bertz CT molecular complexity index is 789. The maximum absolute atomic E-state index is 12.5. The number of rotatable bonds is 9. The molecule has 1 saturated carbocycles. The van der Waals surface area contributed by atoms with Crippen LogP contribution in [0.3, 0.4) is 0 Å². The fourth-order valence-corrected chi connectivity index (χ4v) is 4.98. The van der Waals surface area contributed by atoms with E-state index in [1.165, 1.54) is 0 Å². The molecule has 0 aromatic carbocycles. The van der Waals surface area contributed by atoms with E-state index in [0.29, 0.717) is 5.06 Å². The average molecular weight is 570 g/mol. The Morgan fingerprint density at radius 1 is 0.897 bits per heavy atom. The van der Waals surface area contributed by atoms with E-state index in [1.54, 1.807) is 0 Å². The van der Waals surface area contributed by atoms with Gasteiger partial charge in [-0.15, -0.1) is 0 Å². The number of hydroxylamine groups is 2. The second-order valence-corrected chi connectivity index (χ2v) is 10.1. The quantitative estimate of drug-likeness (QED) is 0.0906. The number of urea groups is 1. The third-order valence-electron chi connectivity index (χ3n) is 7.26. The lowest BCUT2D eigenvalue weighted by Crippen LogP contribution is -2.69. The van der Waals surface area contributed by atoms with Gasteiger partial charge < -0.3 is 78.5 Å². The van der Waals surface area contributed by atoms with Crippen molar-refractivity contribution < 1.29 is 54.5 Å². The predicted octanol–water partition coefficient (Wildman–Crippen LogP) is -6.90. The number of aliphatic hydroxyl groups excluding tert-OH is 5.